The van der Waals surface area contributed by atoms with Crippen LogP contribution in [0.15, 0.2) is 11.6 Å². The highest BCUT2D eigenvalue weighted by Crippen LogP contribution is 1.86. The van der Waals surface area contributed by atoms with Gasteiger partial charge in [-0.2, -0.15) is 4.79 Å². The molecule has 0 aromatic rings. The van der Waals surface area contributed by atoms with Gasteiger partial charge in [-0.1, -0.05) is 5.57 Å². The van der Waals surface area contributed by atoms with Crippen LogP contribution < -0.4 is 0 Å². The Morgan fingerprint density at radius 3 is 2.00 bits per heavy atom. The maximum atomic E-state index is 8.13. The number of rotatable bonds is 1. The van der Waals surface area contributed by atoms with Crippen LogP contribution in [0.4, 0.5) is 0 Å². The molecule has 0 aliphatic heterocycles. The van der Waals surface area contributed by atoms with Crippen molar-refractivity contribution >= 4 is 5.71 Å². The maximum absolute atomic E-state index is 8.13. The van der Waals surface area contributed by atoms with Gasteiger partial charge in [0, 0.05) is 13.0 Å². The standard InChI is InChI=1S/C6H10N2/c1-5(2)4-6(3)8-7/h4H,1-3H3. The molecule has 2 nitrogen and oxygen atoms in total. The summed E-state index contributed by atoms with van der Waals surface area (Å²) in [6.45, 7) is 5.65. The average molecular weight is 110 g/mol. The van der Waals surface area contributed by atoms with Gasteiger partial charge >= 0.3 is 0 Å². The summed E-state index contributed by atoms with van der Waals surface area (Å²) >= 11 is 0. The molecule has 0 aliphatic carbocycles. The normalized spacial score (nSPS) is 7.38. The monoisotopic (exact) mass is 110 g/mol. The topological polar surface area (TPSA) is 36.4 Å². The fourth-order valence-electron chi connectivity index (χ4n) is 0.447. The van der Waals surface area contributed by atoms with Crippen molar-refractivity contribution < 1.29 is 4.79 Å². The Morgan fingerprint density at radius 1 is 1.38 bits per heavy atom. The van der Waals surface area contributed by atoms with E-state index in [4.69, 9.17) is 5.53 Å². The SMILES string of the molecule is CC(C)=CC(C)=[N+]=[N-]. The van der Waals surface area contributed by atoms with Gasteiger partial charge in [0.25, 0.3) is 5.71 Å². The van der Waals surface area contributed by atoms with E-state index < -0.39 is 0 Å². The first-order valence-corrected chi connectivity index (χ1v) is 2.50. The number of allylic oxidation sites excluding steroid dienone is 2. The van der Waals surface area contributed by atoms with E-state index in [1.165, 1.54) is 0 Å². The molecular formula is C6H10N2. The van der Waals surface area contributed by atoms with Crippen molar-refractivity contribution in [2.24, 2.45) is 0 Å². The third-order valence-electron chi connectivity index (χ3n) is 0.655. The van der Waals surface area contributed by atoms with Crippen LogP contribution in [0.2, 0.25) is 0 Å². The van der Waals surface area contributed by atoms with Crippen LogP contribution in [0.25, 0.3) is 5.53 Å². The molecule has 0 spiro atoms. The molecular weight excluding hydrogens is 100 g/mol. The summed E-state index contributed by atoms with van der Waals surface area (Å²) in [5.41, 5.74) is 9.91. The summed E-state index contributed by atoms with van der Waals surface area (Å²) in [4.78, 5) is 2.97. The van der Waals surface area contributed by atoms with E-state index in [1.54, 1.807) is 13.0 Å². The number of nitrogens with zero attached hydrogens (tertiary/aromatic N) is 2. The smallest absolute Gasteiger partial charge is 0.288 e. The predicted molar refractivity (Wildman–Crippen MR) is 33.7 cm³/mol. The first-order valence-electron chi connectivity index (χ1n) is 2.50. The summed E-state index contributed by atoms with van der Waals surface area (Å²) in [7, 11) is 0. The minimum absolute atomic E-state index is 0.644. The highest BCUT2D eigenvalue weighted by atomic mass is 14.8. The van der Waals surface area contributed by atoms with Gasteiger partial charge in [0.1, 0.15) is 0 Å². The predicted octanol–water partition coefficient (Wildman–Crippen LogP) is 1.64. The molecule has 0 saturated carbocycles. The molecule has 0 aromatic carbocycles. The molecule has 0 fully saturated rings. The molecule has 0 unspecified atom stereocenters. The van der Waals surface area contributed by atoms with Gasteiger partial charge in [0.15, 0.2) is 0 Å². The maximum Gasteiger partial charge on any atom is 0.288 e. The van der Waals surface area contributed by atoms with Crippen LogP contribution in [-0.2, 0) is 0 Å². The molecule has 0 radical (unpaired) electrons. The third kappa shape index (κ3) is 3.32. The quantitative estimate of drug-likeness (QED) is 0.279. The van der Waals surface area contributed by atoms with Crippen molar-refractivity contribution in [3.05, 3.63) is 17.2 Å². The Bertz CT molecular complexity index is 146. The molecule has 0 saturated heterocycles. The fourth-order valence-corrected chi connectivity index (χ4v) is 0.447. The second kappa shape index (κ2) is 3.16. The van der Waals surface area contributed by atoms with E-state index in [-0.39, 0.29) is 0 Å². The lowest BCUT2D eigenvalue weighted by molar-refractivity contribution is -0.00398. The molecule has 0 atom stereocenters. The molecule has 0 aliphatic rings. The molecule has 44 valence electrons. The lowest BCUT2D eigenvalue weighted by Gasteiger charge is -1.78. The van der Waals surface area contributed by atoms with Crippen LogP contribution >= 0.6 is 0 Å². The zero-order valence-corrected chi connectivity index (χ0v) is 5.47. The minimum Gasteiger partial charge on any atom is -0.361 e. The van der Waals surface area contributed by atoms with Crippen molar-refractivity contribution in [1.29, 1.82) is 0 Å². The molecule has 8 heavy (non-hydrogen) atoms. The summed E-state index contributed by atoms with van der Waals surface area (Å²) in [5, 5.41) is 0. The highest BCUT2D eigenvalue weighted by Gasteiger charge is 1.88. The zero-order valence-electron chi connectivity index (χ0n) is 5.47. The molecule has 0 rings (SSSR count). The van der Waals surface area contributed by atoms with E-state index in [0.717, 1.165) is 5.57 Å². The van der Waals surface area contributed by atoms with Crippen LogP contribution in [0, 0.1) is 0 Å². The Balaban J connectivity index is 4.11. The van der Waals surface area contributed by atoms with Gasteiger partial charge in [-0.25, -0.2) is 0 Å². The van der Waals surface area contributed by atoms with Gasteiger partial charge in [-0.3, -0.25) is 0 Å². The van der Waals surface area contributed by atoms with Gasteiger partial charge in [-0.05, 0) is 13.8 Å². The van der Waals surface area contributed by atoms with E-state index in [1.807, 2.05) is 13.8 Å². The fraction of sp³-hybridized carbons (Fsp3) is 0.500. The van der Waals surface area contributed by atoms with E-state index in [0.29, 0.717) is 5.71 Å². The lowest BCUT2D eigenvalue weighted by atomic mass is 10.3. The van der Waals surface area contributed by atoms with Crippen LogP contribution in [0.3, 0.4) is 0 Å². The molecule has 0 aromatic heterocycles. The summed E-state index contributed by atoms with van der Waals surface area (Å²) < 4.78 is 0. The number of hydrogen-bond acceptors (Lipinski definition) is 0. The van der Waals surface area contributed by atoms with Gasteiger partial charge < -0.3 is 5.53 Å². The van der Waals surface area contributed by atoms with Gasteiger partial charge in [-0.15, -0.1) is 0 Å². The Labute approximate surface area is 49.5 Å². The lowest BCUT2D eigenvalue weighted by Crippen LogP contribution is -1.84. The molecule has 0 amide bonds. The van der Waals surface area contributed by atoms with E-state index >= 15 is 0 Å². The largest absolute Gasteiger partial charge is 0.361 e. The van der Waals surface area contributed by atoms with E-state index in [9.17, 15) is 0 Å². The summed E-state index contributed by atoms with van der Waals surface area (Å²) in [5.74, 6) is 0. The van der Waals surface area contributed by atoms with Crippen molar-refractivity contribution in [3.63, 3.8) is 0 Å². The average Bonchev–Trinajstić information content (AvgIpc) is 1.65. The third-order valence-corrected chi connectivity index (χ3v) is 0.655. The van der Waals surface area contributed by atoms with E-state index in [2.05, 4.69) is 4.79 Å². The number of hydrogen-bond donors (Lipinski definition) is 0. The van der Waals surface area contributed by atoms with Crippen molar-refractivity contribution in [2.75, 3.05) is 0 Å². The highest BCUT2D eigenvalue weighted by molar-refractivity contribution is 5.88. The molecule has 0 N–H and O–H groups in total. The second-order valence-corrected chi connectivity index (χ2v) is 1.96. The summed E-state index contributed by atoms with van der Waals surface area (Å²) in [6.07, 6.45) is 1.81. The van der Waals surface area contributed by atoms with Crippen LogP contribution in [-0.4, -0.2) is 10.5 Å². The van der Waals surface area contributed by atoms with Gasteiger partial charge in [0.2, 0.25) is 0 Å². The van der Waals surface area contributed by atoms with Crippen LogP contribution in [0.1, 0.15) is 20.8 Å². The van der Waals surface area contributed by atoms with Crippen molar-refractivity contribution in [2.45, 2.75) is 20.8 Å². The van der Waals surface area contributed by atoms with Gasteiger partial charge in [0.05, 0.1) is 0 Å². The zero-order chi connectivity index (χ0) is 6.57. The Kier molecular flexibility index (Phi) is 2.82. The molecule has 2 heteroatoms. The summed E-state index contributed by atoms with van der Waals surface area (Å²) in [6, 6.07) is 0. The molecule has 0 heterocycles. The Morgan fingerprint density at radius 2 is 1.88 bits per heavy atom. The van der Waals surface area contributed by atoms with Crippen LogP contribution in [0.5, 0.6) is 0 Å². The minimum atomic E-state index is 0.644. The molecule has 0 bridgehead atoms. The first kappa shape index (κ1) is 7.12. The van der Waals surface area contributed by atoms with Crippen molar-refractivity contribution in [1.82, 2.24) is 0 Å². The van der Waals surface area contributed by atoms with Crippen molar-refractivity contribution in [3.8, 4) is 0 Å². The first-order chi connectivity index (χ1) is 3.66. The Hall–Kier alpha value is -0.880. The second-order valence-electron chi connectivity index (χ2n) is 1.96.